The zero-order chi connectivity index (χ0) is 23.3. The summed E-state index contributed by atoms with van der Waals surface area (Å²) in [5, 5.41) is 0. The average molecular weight is 443 g/mol. The first kappa shape index (κ1) is 23.0. The van der Waals surface area contributed by atoms with E-state index in [1.807, 2.05) is 18.4 Å². The molecule has 168 valence electrons. The van der Waals surface area contributed by atoms with Gasteiger partial charge in [-0.2, -0.15) is 8.78 Å². The molecular weight excluding hydrogens is 420 g/mol. The van der Waals surface area contributed by atoms with Crippen molar-refractivity contribution in [3.8, 4) is 17.2 Å². The van der Waals surface area contributed by atoms with E-state index < -0.39 is 19.2 Å². The zero-order valence-electron chi connectivity index (χ0n) is 17.9. The Morgan fingerprint density at radius 3 is 2.19 bits per heavy atom. The summed E-state index contributed by atoms with van der Waals surface area (Å²) in [7, 11) is 0. The van der Waals surface area contributed by atoms with Gasteiger partial charge in [0.1, 0.15) is 11.5 Å². The van der Waals surface area contributed by atoms with E-state index in [-0.39, 0.29) is 11.5 Å². The molecule has 0 atom stereocenters. The van der Waals surface area contributed by atoms with Crippen LogP contribution in [0.3, 0.4) is 0 Å². The van der Waals surface area contributed by atoms with Gasteiger partial charge >= 0.3 is 12.6 Å². The Balaban J connectivity index is 1.69. The van der Waals surface area contributed by atoms with Crippen molar-refractivity contribution in [2.24, 2.45) is 0 Å². The third-order valence-corrected chi connectivity index (χ3v) is 4.79. The Bertz CT molecular complexity index is 1090. The maximum absolute atomic E-state index is 12.7. The van der Waals surface area contributed by atoms with Gasteiger partial charge in [0.05, 0.1) is 12.2 Å². The van der Waals surface area contributed by atoms with E-state index in [4.69, 9.17) is 9.47 Å². The van der Waals surface area contributed by atoms with Crippen molar-refractivity contribution in [1.29, 1.82) is 0 Å². The number of nitrogens with zero attached hydrogens (tertiary/aromatic N) is 1. The molecule has 3 aromatic rings. The highest BCUT2D eigenvalue weighted by Crippen LogP contribution is 2.24. The molecule has 0 saturated carbocycles. The first-order valence-electron chi connectivity index (χ1n) is 9.97. The second-order valence-electron chi connectivity index (χ2n) is 6.95. The Morgan fingerprint density at radius 2 is 1.59 bits per heavy atom. The number of halogens is 2. The van der Waals surface area contributed by atoms with Gasteiger partial charge in [-0.3, -0.25) is 4.79 Å². The van der Waals surface area contributed by atoms with E-state index in [9.17, 15) is 18.4 Å². The Morgan fingerprint density at radius 1 is 0.969 bits per heavy atom. The summed E-state index contributed by atoms with van der Waals surface area (Å²) in [6, 6.07) is 14.3. The van der Waals surface area contributed by atoms with Crippen LogP contribution in [0.5, 0.6) is 11.5 Å². The third kappa shape index (κ3) is 5.32. The van der Waals surface area contributed by atoms with E-state index in [1.165, 1.54) is 12.1 Å². The third-order valence-electron chi connectivity index (χ3n) is 4.79. The first-order valence-corrected chi connectivity index (χ1v) is 9.97. The monoisotopic (exact) mass is 443 g/mol. The molecular formula is C24H23F2NO5. The summed E-state index contributed by atoms with van der Waals surface area (Å²) in [4.78, 5) is 24.9. The van der Waals surface area contributed by atoms with Crippen LogP contribution in [0, 0.1) is 13.8 Å². The molecule has 0 spiro atoms. The molecule has 0 aliphatic heterocycles. The van der Waals surface area contributed by atoms with E-state index in [0.29, 0.717) is 34.9 Å². The van der Waals surface area contributed by atoms with Crippen molar-refractivity contribution in [3.05, 3.63) is 77.1 Å². The molecule has 6 nitrogen and oxygen atoms in total. The van der Waals surface area contributed by atoms with E-state index in [1.54, 1.807) is 49.4 Å². The van der Waals surface area contributed by atoms with Crippen molar-refractivity contribution < 1.29 is 32.6 Å². The second-order valence-corrected chi connectivity index (χ2v) is 6.95. The summed E-state index contributed by atoms with van der Waals surface area (Å²) in [5.74, 6) is -0.267. The summed E-state index contributed by atoms with van der Waals surface area (Å²) in [6.07, 6.45) is 0. The van der Waals surface area contributed by atoms with E-state index >= 15 is 0 Å². The van der Waals surface area contributed by atoms with Gasteiger partial charge in [0.25, 0.3) is 0 Å². The van der Waals surface area contributed by atoms with Crippen LogP contribution >= 0.6 is 0 Å². The lowest BCUT2D eigenvalue weighted by atomic mass is 10.1. The SMILES string of the molecule is CCOc1ccc(C(=O)OCC(=O)c2cc(C)n(-c3ccc(OC(F)F)cc3)c2C)cc1. The van der Waals surface area contributed by atoms with Gasteiger partial charge in [0.15, 0.2) is 6.61 Å². The van der Waals surface area contributed by atoms with Crippen molar-refractivity contribution in [1.82, 2.24) is 4.57 Å². The molecule has 0 amide bonds. The molecule has 0 aliphatic rings. The molecule has 0 aliphatic carbocycles. The molecule has 1 aromatic heterocycles. The molecule has 0 bridgehead atoms. The first-order chi connectivity index (χ1) is 15.3. The number of esters is 1. The highest BCUT2D eigenvalue weighted by molar-refractivity contribution is 6.00. The van der Waals surface area contributed by atoms with Gasteiger partial charge in [0, 0.05) is 22.6 Å². The standard InChI is InChI=1S/C24H23F2NO5/c1-4-30-19-9-5-17(6-10-19)23(29)31-14-22(28)21-13-15(2)27(16(21)3)18-7-11-20(12-8-18)32-24(25)26/h5-13,24H,4,14H2,1-3H3. The molecule has 0 saturated heterocycles. The predicted molar refractivity (Wildman–Crippen MR) is 114 cm³/mol. The van der Waals surface area contributed by atoms with Crippen LogP contribution in [0.15, 0.2) is 54.6 Å². The number of ketones is 1. The minimum atomic E-state index is -2.90. The molecule has 0 radical (unpaired) electrons. The van der Waals surface area contributed by atoms with Crippen LogP contribution in [0.2, 0.25) is 0 Å². The van der Waals surface area contributed by atoms with Gasteiger partial charge in [-0.05, 0) is 75.4 Å². The number of ether oxygens (including phenoxy) is 3. The number of hydrogen-bond acceptors (Lipinski definition) is 5. The molecule has 0 fully saturated rings. The number of Topliss-reactive ketones (excluding diaryl/α,β-unsaturated/α-hetero) is 1. The van der Waals surface area contributed by atoms with Crippen LogP contribution < -0.4 is 9.47 Å². The number of carbonyl (C=O) groups is 2. The smallest absolute Gasteiger partial charge is 0.387 e. The Labute approximate surface area is 184 Å². The van der Waals surface area contributed by atoms with Crippen LogP contribution in [0.1, 0.15) is 39.0 Å². The quantitative estimate of drug-likeness (QED) is 0.339. The zero-order valence-corrected chi connectivity index (χ0v) is 17.9. The highest BCUT2D eigenvalue weighted by atomic mass is 19.3. The molecule has 32 heavy (non-hydrogen) atoms. The van der Waals surface area contributed by atoms with Gasteiger partial charge < -0.3 is 18.8 Å². The summed E-state index contributed by atoms with van der Waals surface area (Å²) >= 11 is 0. The van der Waals surface area contributed by atoms with E-state index in [0.717, 1.165) is 5.69 Å². The molecule has 0 N–H and O–H groups in total. The van der Waals surface area contributed by atoms with E-state index in [2.05, 4.69) is 4.74 Å². The molecule has 8 heteroatoms. The molecule has 0 unspecified atom stereocenters. The minimum Gasteiger partial charge on any atom is -0.494 e. The predicted octanol–water partition coefficient (Wildman–Crippen LogP) is 5.13. The maximum Gasteiger partial charge on any atom is 0.387 e. The van der Waals surface area contributed by atoms with Crippen LogP contribution in [0.4, 0.5) is 8.78 Å². The fourth-order valence-corrected chi connectivity index (χ4v) is 3.37. The Kier molecular flexibility index (Phi) is 7.25. The number of rotatable bonds is 9. The van der Waals surface area contributed by atoms with Gasteiger partial charge in [-0.25, -0.2) is 4.79 Å². The second kappa shape index (κ2) is 10.1. The fourth-order valence-electron chi connectivity index (χ4n) is 3.37. The van der Waals surface area contributed by atoms with Gasteiger partial charge in [-0.1, -0.05) is 0 Å². The lowest BCUT2D eigenvalue weighted by Crippen LogP contribution is -2.15. The van der Waals surface area contributed by atoms with Crippen LogP contribution in [0.25, 0.3) is 5.69 Å². The van der Waals surface area contributed by atoms with Crippen molar-refractivity contribution in [2.75, 3.05) is 13.2 Å². The maximum atomic E-state index is 12.7. The van der Waals surface area contributed by atoms with Crippen LogP contribution in [-0.4, -0.2) is 36.1 Å². The van der Waals surface area contributed by atoms with Crippen LogP contribution in [-0.2, 0) is 4.74 Å². The summed E-state index contributed by atoms with van der Waals surface area (Å²) in [5.41, 5.74) is 2.83. The number of hydrogen-bond donors (Lipinski definition) is 0. The number of carbonyl (C=O) groups excluding carboxylic acids is 2. The largest absolute Gasteiger partial charge is 0.494 e. The molecule has 3 rings (SSSR count). The lowest BCUT2D eigenvalue weighted by Gasteiger charge is -2.11. The van der Waals surface area contributed by atoms with Crippen molar-refractivity contribution in [2.45, 2.75) is 27.4 Å². The normalized spacial score (nSPS) is 10.8. The minimum absolute atomic E-state index is 0.0451. The summed E-state index contributed by atoms with van der Waals surface area (Å²) < 4.78 is 41.4. The number of aromatic nitrogens is 1. The highest BCUT2D eigenvalue weighted by Gasteiger charge is 2.19. The lowest BCUT2D eigenvalue weighted by molar-refractivity contribution is -0.0498. The topological polar surface area (TPSA) is 66.8 Å². The number of alkyl halides is 2. The van der Waals surface area contributed by atoms with Crippen molar-refractivity contribution >= 4 is 11.8 Å². The average Bonchev–Trinajstić information content (AvgIpc) is 3.07. The Hall–Kier alpha value is -3.68. The van der Waals surface area contributed by atoms with Gasteiger partial charge in [-0.15, -0.1) is 0 Å². The number of aryl methyl sites for hydroxylation is 1. The number of benzene rings is 2. The molecule has 1 heterocycles. The summed E-state index contributed by atoms with van der Waals surface area (Å²) in [6.45, 7) is 2.66. The van der Waals surface area contributed by atoms with Crippen molar-refractivity contribution in [3.63, 3.8) is 0 Å². The fraction of sp³-hybridized carbons (Fsp3) is 0.250. The van der Waals surface area contributed by atoms with Gasteiger partial charge in [0.2, 0.25) is 5.78 Å². The molecule has 2 aromatic carbocycles.